The van der Waals surface area contributed by atoms with E-state index in [4.69, 9.17) is 26.4 Å². The van der Waals surface area contributed by atoms with E-state index < -0.39 is 0 Å². The molecular weight excluding hydrogens is 330 g/mol. The van der Waals surface area contributed by atoms with Gasteiger partial charge in [0.2, 0.25) is 5.91 Å². The molecule has 0 bridgehead atoms. The predicted molar refractivity (Wildman–Crippen MR) is 96.1 cm³/mol. The Balaban J connectivity index is 2.12. The lowest BCUT2D eigenvalue weighted by Crippen LogP contribution is -2.49. The number of hydrogen-bond donors (Lipinski definition) is 3. The van der Waals surface area contributed by atoms with E-state index in [1.807, 2.05) is 31.2 Å². The number of nitrogens with one attached hydrogen (secondary N) is 3. The minimum atomic E-state index is -0.156. The summed E-state index contributed by atoms with van der Waals surface area (Å²) in [5.41, 5.74) is 5.19. The highest BCUT2D eigenvalue weighted by molar-refractivity contribution is 7.80. The molecule has 0 spiro atoms. The maximum atomic E-state index is 11.7. The maximum Gasteiger partial charge on any atom is 0.238 e. The Morgan fingerprint density at radius 3 is 2.46 bits per heavy atom. The van der Waals surface area contributed by atoms with Crippen LogP contribution < -0.4 is 25.6 Å². The fourth-order valence-corrected chi connectivity index (χ4v) is 2.09. The van der Waals surface area contributed by atoms with Gasteiger partial charge in [0, 0.05) is 19.6 Å². The van der Waals surface area contributed by atoms with E-state index in [2.05, 4.69) is 16.2 Å². The monoisotopic (exact) mass is 355 g/mol. The molecule has 7 nitrogen and oxygen atoms in total. The molecular formula is C16H25N3O4S. The molecule has 1 atom stereocenters. The molecule has 1 rings (SSSR count). The van der Waals surface area contributed by atoms with Crippen LogP contribution in [0.4, 0.5) is 0 Å². The van der Waals surface area contributed by atoms with Crippen LogP contribution in [0.25, 0.3) is 0 Å². The molecule has 0 saturated heterocycles. The molecule has 0 radical (unpaired) electrons. The van der Waals surface area contributed by atoms with Gasteiger partial charge in [-0.1, -0.05) is 0 Å². The zero-order valence-electron chi connectivity index (χ0n) is 14.3. The summed E-state index contributed by atoms with van der Waals surface area (Å²) in [6.45, 7) is 2.90. The summed E-state index contributed by atoms with van der Waals surface area (Å²) in [6.07, 6.45) is 0.930. The average molecular weight is 355 g/mol. The van der Waals surface area contributed by atoms with Crippen molar-refractivity contribution < 1.29 is 19.0 Å². The minimum absolute atomic E-state index is 0.0600. The number of methoxy groups -OCH3 is 2. The van der Waals surface area contributed by atoms with E-state index in [1.54, 1.807) is 14.2 Å². The van der Waals surface area contributed by atoms with Gasteiger partial charge < -0.3 is 19.5 Å². The smallest absolute Gasteiger partial charge is 0.238 e. The molecule has 0 aliphatic heterocycles. The third-order valence-electron chi connectivity index (χ3n) is 2.99. The van der Waals surface area contributed by atoms with Gasteiger partial charge in [0.15, 0.2) is 5.11 Å². The highest BCUT2D eigenvalue weighted by Gasteiger charge is 2.05. The maximum absolute atomic E-state index is 11.7. The number of carbonyl (C=O) groups excluding carboxylic acids is 1. The van der Waals surface area contributed by atoms with E-state index >= 15 is 0 Å². The van der Waals surface area contributed by atoms with Gasteiger partial charge >= 0.3 is 0 Å². The first-order chi connectivity index (χ1) is 11.5. The highest BCUT2D eigenvalue weighted by atomic mass is 32.1. The number of hydrazine groups is 1. The van der Waals surface area contributed by atoms with Gasteiger partial charge in [0.05, 0.1) is 20.3 Å². The van der Waals surface area contributed by atoms with Gasteiger partial charge in [-0.2, -0.15) is 0 Å². The largest absolute Gasteiger partial charge is 0.497 e. The van der Waals surface area contributed by atoms with E-state index in [1.165, 1.54) is 0 Å². The molecule has 0 unspecified atom stereocenters. The van der Waals surface area contributed by atoms with Crippen molar-refractivity contribution in [1.82, 2.24) is 16.2 Å². The van der Waals surface area contributed by atoms with Crippen molar-refractivity contribution in [3.63, 3.8) is 0 Å². The van der Waals surface area contributed by atoms with E-state index in [0.29, 0.717) is 31.2 Å². The van der Waals surface area contributed by atoms with Crippen molar-refractivity contribution >= 4 is 23.2 Å². The number of ether oxygens (including phenoxy) is 3. The minimum Gasteiger partial charge on any atom is -0.497 e. The molecule has 0 saturated carbocycles. The molecule has 1 amide bonds. The van der Waals surface area contributed by atoms with Crippen LogP contribution in [-0.4, -0.2) is 44.5 Å². The van der Waals surface area contributed by atoms with Gasteiger partial charge in [0.1, 0.15) is 11.5 Å². The summed E-state index contributed by atoms with van der Waals surface area (Å²) in [7, 11) is 3.23. The Kier molecular flexibility index (Phi) is 9.55. The van der Waals surface area contributed by atoms with Crippen LogP contribution in [0.5, 0.6) is 11.5 Å². The van der Waals surface area contributed by atoms with Crippen LogP contribution in [0.2, 0.25) is 0 Å². The van der Waals surface area contributed by atoms with Gasteiger partial charge in [0.25, 0.3) is 0 Å². The second-order valence-electron chi connectivity index (χ2n) is 5.13. The van der Waals surface area contributed by atoms with Crippen molar-refractivity contribution in [3.8, 4) is 11.5 Å². The number of thiocarbonyl (C=S) groups is 1. The van der Waals surface area contributed by atoms with E-state index in [-0.39, 0.29) is 11.9 Å². The Morgan fingerprint density at radius 1 is 1.17 bits per heavy atom. The third kappa shape index (κ3) is 8.54. The van der Waals surface area contributed by atoms with Crippen molar-refractivity contribution in [3.05, 3.63) is 24.3 Å². The standard InChI is InChI=1S/C16H25N3O4S/c1-12(11-21-2)17-16(24)19-18-15(20)5-4-10-23-14-8-6-13(22-3)7-9-14/h6-9,12H,4-5,10-11H2,1-3H3,(H,18,20)(H2,17,19,24)/t12-/m1/s1. The summed E-state index contributed by atoms with van der Waals surface area (Å²) in [6, 6.07) is 7.36. The molecule has 24 heavy (non-hydrogen) atoms. The molecule has 8 heteroatoms. The van der Waals surface area contributed by atoms with Gasteiger partial charge in [-0.05, 0) is 49.8 Å². The Labute approximate surface area is 148 Å². The molecule has 3 N–H and O–H groups in total. The third-order valence-corrected chi connectivity index (χ3v) is 3.21. The normalized spacial score (nSPS) is 11.3. The van der Waals surface area contributed by atoms with Crippen LogP contribution in [0.15, 0.2) is 24.3 Å². The van der Waals surface area contributed by atoms with Crippen molar-refractivity contribution in [2.24, 2.45) is 0 Å². The lowest BCUT2D eigenvalue weighted by molar-refractivity contribution is -0.121. The van der Waals surface area contributed by atoms with Crippen LogP contribution >= 0.6 is 12.2 Å². The van der Waals surface area contributed by atoms with Gasteiger partial charge in [-0.3, -0.25) is 15.6 Å². The number of carbonyl (C=O) groups is 1. The summed E-state index contributed by atoms with van der Waals surface area (Å²) in [4.78, 5) is 11.7. The number of hydrogen-bond acceptors (Lipinski definition) is 5. The fraction of sp³-hybridized carbons (Fsp3) is 0.500. The first-order valence-corrected chi connectivity index (χ1v) is 8.07. The van der Waals surface area contributed by atoms with Crippen molar-refractivity contribution in [1.29, 1.82) is 0 Å². The number of benzene rings is 1. The number of amides is 1. The SMILES string of the molecule is COC[C@@H](C)NC(=S)NNC(=O)CCCOc1ccc(OC)cc1. The lowest BCUT2D eigenvalue weighted by Gasteiger charge is -2.16. The molecule has 134 valence electrons. The first-order valence-electron chi connectivity index (χ1n) is 7.66. The topological polar surface area (TPSA) is 80.9 Å². The van der Waals surface area contributed by atoms with Gasteiger partial charge in [-0.15, -0.1) is 0 Å². The molecule has 1 aromatic rings. The zero-order valence-corrected chi connectivity index (χ0v) is 15.1. The zero-order chi connectivity index (χ0) is 17.8. The second kappa shape index (κ2) is 11.5. The van der Waals surface area contributed by atoms with Gasteiger partial charge in [-0.25, -0.2) is 0 Å². The van der Waals surface area contributed by atoms with Crippen LogP contribution in [-0.2, 0) is 9.53 Å². The quantitative estimate of drug-likeness (QED) is 0.351. The van der Waals surface area contributed by atoms with Crippen LogP contribution in [0.1, 0.15) is 19.8 Å². The van der Waals surface area contributed by atoms with Crippen molar-refractivity contribution in [2.45, 2.75) is 25.8 Å². The Hall–Kier alpha value is -2.06. The first kappa shape index (κ1) is 20.0. The Bertz CT molecular complexity index is 511. The lowest BCUT2D eigenvalue weighted by atomic mass is 10.3. The second-order valence-corrected chi connectivity index (χ2v) is 5.54. The van der Waals surface area contributed by atoms with E-state index in [9.17, 15) is 4.79 Å². The van der Waals surface area contributed by atoms with Crippen molar-refractivity contribution in [2.75, 3.05) is 27.4 Å². The summed E-state index contributed by atoms with van der Waals surface area (Å²) in [5, 5.41) is 3.33. The average Bonchev–Trinajstić information content (AvgIpc) is 2.57. The summed E-state index contributed by atoms with van der Waals surface area (Å²) >= 11 is 5.06. The fourth-order valence-electron chi connectivity index (χ4n) is 1.84. The van der Waals surface area contributed by atoms with Crippen LogP contribution in [0.3, 0.4) is 0 Å². The predicted octanol–water partition coefficient (Wildman–Crippen LogP) is 1.38. The summed E-state index contributed by atoms with van der Waals surface area (Å²) in [5.74, 6) is 1.36. The molecule has 1 aromatic carbocycles. The van der Waals surface area contributed by atoms with E-state index in [0.717, 1.165) is 11.5 Å². The highest BCUT2D eigenvalue weighted by Crippen LogP contribution is 2.17. The molecule has 0 aliphatic rings. The summed E-state index contributed by atoms with van der Waals surface area (Å²) < 4.78 is 15.6. The molecule has 0 heterocycles. The van der Waals surface area contributed by atoms with Crippen LogP contribution in [0, 0.1) is 0 Å². The Morgan fingerprint density at radius 2 is 1.83 bits per heavy atom. The molecule has 0 aliphatic carbocycles. The number of rotatable bonds is 9. The molecule has 0 aromatic heterocycles. The molecule has 0 fully saturated rings.